The smallest absolute Gasteiger partial charge is 0.336 e. The van der Waals surface area contributed by atoms with Crippen LogP contribution in [0.5, 0.6) is 0 Å². The van der Waals surface area contributed by atoms with Gasteiger partial charge in [-0.25, -0.2) is 13.6 Å². The van der Waals surface area contributed by atoms with Crippen LogP contribution in [0.1, 0.15) is 10.4 Å². The average Bonchev–Trinajstić information content (AvgIpc) is 2.32. The van der Waals surface area contributed by atoms with Crippen molar-refractivity contribution >= 4 is 5.97 Å². The van der Waals surface area contributed by atoms with Gasteiger partial charge in [0.2, 0.25) is 5.56 Å². The first-order chi connectivity index (χ1) is 8.49. The van der Waals surface area contributed by atoms with Crippen LogP contribution in [0.15, 0.2) is 35.3 Å². The molecule has 0 aliphatic carbocycles. The summed E-state index contributed by atoms with van der Waals surface area (Å²) in [5.41, 5.74) is -0.577. The van der Waals surface area contributed by atoms with Crippen molar-refractivity contribution in [2.24, 2.45) is 0 Å². The Kier molecular flexibility index (Phi) is 2.93. The van der Waals surface area contributed by atoms with Crippen LogP contribution in [0.4, 0.5) is 8.78 Å². The minimum Gasteiger partial charge on any atom is -0.478 e. The number of pyridine rings is 1. The third-order valence-corrected chi connectivity index (χ3v) is 2.39. The lowest BCUT2D eigenvalue weighted by molar-refractivity contribution is 0.0697. The topological polar surface area (TPSA) is 70.2 Å². The van der Waals surface area contributed by atoms with Gasteiger partial charge < -0.3 is 10.1 Å². The Labute approximate surface area is 99.5 Å². The number of carboxylic acids is 1. The van der Waals surface area contributed by atoms with Gasteiger partial charge >= 0.3 is 5.97 Å². The van der Waals surface area contributed by atoms with Gasteiger partial charge in [0.15, 0.2) is 11.6 Å². The highest BCUT2D eigenvalue weighted by atomic mass is 19.2. The molecule has 1 heterocycles. The standard InChI is InChI=1S/C12H7F2NO3/c13-9-2-1-6(3-10(9)14)8-5-15-11(16)4-7(8)12(17)18/h1-5H,(H,15,16)(H,17,18). The van der Waals surface area contributed by atoms with E-state index >= 15 is 0 Å². The maximum atomic E-state index is 13.1. The van der Waals surface area contributed by atoms with Crippen molar-refractivity contribution in [2.75, 3.05) is 0 Å². The van der Waals surface area contributed by atoms with Crippen molar-refractivity contribution in [2.45, 2.75) is 0 Å². The van der Waals surface area contributed by atoms with Crippen LogP contribution in [-0.4, -0.2) is 16.1 Å². The fraction of sp³-hybridized carbons (Fsp3) is 0. The summed E-state index contributed by atoms with van der Waals surface area (Å²) in [7, 11) is 0. The van der Waals surface area contributed by atoms with E-state index in [4.69, 9.17) is 5.11 Å². The fourth-order valence-corrected chi connectivity index (χ4v) is 1.55. The number of aromatic nitrogens is 1. The van der Waals surface area contributed by atoms with Gasteiger partial charge in [0, 0.05) is 17.8 Å². The van der Waals surface area contributed by atoms with Crippen molar-refractivity contribution in [1.29, 1.82) is 0 Å². The van der Waals surface area contributed by atoms with E-state index in [0.29, 0.717) is 0 Å². The Bertz CT molecular complexity index is 679. The van der Waals surface area contributed by atoms with Crippen molar-refractivity contribution in [1.82, 2.24) is 4.98 Å². The third-order valence-electron chi connectivity index (χ3n) is 2.39. The molecule has 0 aliphatic heterocycles. The Morgan fingerprint density at radius 1 is 1.17 bits per heavy atom. The summed E-state index contributed by atoms with van der Waals surface area (Å²) in [6, 6.07) is 3.88. The van der Waals surface area contributed by atoms with Crippen LogP contribution in [0.3, 0.4) is 0 Å². The monoisotopic (exact) mass is 251 g/mol. The van der Waals surface area contributed by atoms with Crippen LogP contribution in [0.2, 0.25) is 0 Å². The van der Waals surface area contributed by atoms with Crippen LogP contribution in [-0.2, 0) is 0 Å². The summed E-state index contributed by atoms with van der Waals surface area (Å²) >= 11 is 0. The highest BCUT2D eigenvalue weighted by molar-refractivity contribution is 5.95. The second kappa shape index (κ2) is 4.40. The Hall–Kier alpha value is -2.50. The number of carbonyl (C=O) groups is 1. The van der Waals surface area contributed by atoms with Gasteiger partial charge in [0.05, 0.1) is 5.56 Å². The van der Waals surface area contributed by atoms with Gasteiger partial charge in [-0.15, -0.1) is 0 Å². The van der Waals surface area contributed by atoms with Gasteiger partial charge in [0.1, 0.15) is 0 Å². The van der Waals surface area contributed by atoms with Crippen LogP contribution < -0.4 is 5.56 Å². The van der Waals surface area contributed by atoms with Gasteiger partial charge in [0.25, 0.3) is 0 Å². The lowest BCUT2D eigenvalue weighted by atomic mass is 10.0. The molecule has 0 atom stereocenters. The van der Waals surface area contributed by atoms with E-state index in [1.165, 1.54) is 6.07 Å². The molecule has 0 saturated carbocycles. The molecule has 2 aromatic rings. The molecule has 1 aromatic heterocycles. The summed E-state index contributed by atoms with van der Waals surface area (Å²) in [5, 5.41) is 8.95. The number of aromatic amines is 1. The molecule has 0 bridgehead atoms. The zero-order valence-electron chi connectivity index (χ0n) is 8.91. The number of benzene rings is 1. The molecule has 2 N–H and O–H groups in total. The number of nitrogens with one attached hydrogen (secondary N) is 1. The second-order valence-electron chi connectivity index (χ2n) is 3.56. The molecule has 0 aliphatic rings. The first-order valence-electron chi connectivity index (χ1n) is 4.90. The fourth-order valence-electron chi connectivity index (χ4n) is 1.55. The van der Waals surface area contributed by atoms with Gasteiger partial charge in [-0.2, -0.15) is 0 Å². The van der Waals surface area contributed by atoms with Crippen LogP contribution in [0.25, 0.3) is 11.1 Å². The number of H-pyrrole nitrogens is 1. The molecule has 0 radical (unpaired) electrons. The van der Waals surface area contributed by atoms with E-state index in [0.717, 1.165) is 24.4 Å². The first-order valence-corrected chi connectivity index (χ1v) is 4.90. The predicted octanol–water partition coefficient (Wildman–Crippen LogP) is 2.02. The molecule has 0 fully saturated rings. The van der Waals surface area contributed by atoms with Crippen LogP contribution in [0, 0.1) is 11.6 Å². The second-order valence-corrected chi connectivity index (χ2v) is 3.56. The Balaban J connectivity index is 2.66. The quantitative estimate of drug-likeness (QED) is 0.857. The van der Waals surface area contributed by atoms with E-state index in [-0.39, 0.29) is 16.7 Å². The van der Waals surface area contributed by atoms with Gasteiger partial charge in [-0.3, -0.25) is 4.79 Å². The third kappa shape index (κ3) is 2.13. The minimum atomic E-state index is -1.32. The summed E-state index contributed by atoms with van der Waals surface area (Å²) < 4.78 is 25.9. The zero-order chi connectivity index (χ0) is 13.3. The SMILES string of the molecule is O=C(O)c1cc(=O)[nH]cc1-c1ccc(F)c(F)c1. The van der Waals surface area contributed by atoms with E-state index in [9.17, 15) is 18.4 Å². The van der Waals surface area contributed by atoms with Crippen molar-refractivity contribution in [3.05, 3.63) is 58.0 Å². The molecule has 1 aromatic carbocycles. The molecule has 0 amide bonds. The number of hydrogen-bond donors (Lipinski definition) is 2. The number of hydrogen-bond acceptors (Lipinski definition) is 2. The summed E-state index contributed by atoms with van der Waals surface area (Å²) in [4.78, 5) is 24.3. The maximum absolute atomic E-state index is 13.1. The first kappa shape index (κ1) is 12.0. The molecule has 4 nitrogen and oxygen atoms in total. The van der Waals surface area contributed by atoms with Gasteiger partial charge in [-0.05, 0) is 17.7 Å². The summed E-state index contributed by atoms with van der Waals surface area (Å²) in [6.07, 6.45) is 1.15. The highest BCUT2D eigenvalue weighted by Gasteiger charge is 2.14. The number of rotatable bonds is 2. The highest BCUT2D eigenvalue weighted by Crippen LogP contribution is 2.23. The van der Waals surface area contributed by atoms with Crippen molar-refractivity contribution in [3.8, 4) is 11.1 Å². The Morgan fingerprint density at radius 2 is 1.89 bits per heavy atom. The van der Waals surface area contributed by atoms with Crippen molar-refractivity contribution in [3.63, 3.8) is 0 Å². The molecule has 2 rings (SSSR count). The largest absolute Gasteiger partial charge is 0.478 e. The van der Waals surface area contributed by atoms with E-state index in [1.807, 2.05) is 0 Å². The molecular formula is C12H7F2NO3. The lowest BCUT2D eigenvalue weighted by Crippen LogP contribution is -2.10. The maximum Gasteiger partial charge on any atom is 0.336 e. The molecule has 18 heavy (non-hydrogen) atoms. The molecule has 92 valence electrons. The Morgan fingerprint density at radius 3 is 2.50 bits per heavy atom. The number of aromatic carboxylic acids is 1. The van der Waals surface area contributed by atoms with Gasteiger partial charge in [-0.1, -0.05) is 6.07 Å². The van der Waals surface area contributed by atoms with E-state index in [1.54, 1.807) is 0 Å². The molecule has 0 saturated heterocycles. The molecule has 6 heteroatoms. The molecular weight excluding hydrogens is 244 g/mol. The van der Waals surface area contributed by atoms with E-state index in [2.05, 4.69) is 4.98 Å². The molecule has 0 unspecified atom stereocenters. The molecule has 0 spiro atoms. The lowest BCUT2D eigenvalue weighted by Gasteiger charge is -2.05. The normalized spacial score (nSPS) is 10.3. The van der Waals surface area contributed by atoms with Crippen LogP contribution >= 0.6 is 0 Å². The summed E-state index contributed by atoms with van der Waals surface area (Å²) in [5.74, 6) is -3.43. The average molecular weight is 251 g/mol. The minimum absolute atomic E-state index is 0.112. The predicted molar refractivity (Wildman–Crippen MR) is 59.4 cm³/mol. The van der Waals surface area contributed by atoms with Crippen molar-refractivity contribution < 1.29 is 18.7 Å². The number of halogens is 2. The summed E-state index contributed by atoms with van der Waals surface area (Å²) in [6.45, 7) is 0. The zero-order valence-corrected chi connectivity index (χ0v) is 8.91. The van der Waals surface area contributed by atoms with E-state index < -0.39 is 23.2 Å². The number of carboxylic acid groups (broad SMARTS) is 1.